The minimum Gasteiger partial charge on any atom is -0.356 e. The van der Waals surface area contributed by atoms with Crippen LogP contribution in [0.4, 0.5) is 0 Å². The molecule has 0 aliphatic carbocycles. The summed E-state index contributed by atoms with van der Waals surface area (Å²) in [6, 6.07) is 0. The van der Waals surface area contributed by atoms with Crippen LogP contribution < -0.4 is 5.32 Å². The number of amides is 1. The van der Waals surface area contributed by atoms with E-state index in [1.165, 1.54) is 0 Å². The fourth-order valence-electron chi connectivity index (χ4n) is 0.565. The van der Waals surface area contributed by atoms with Crippen molar-refractivity contribution in [2.45, 2.75) is 12.8 Å². The number of nitrogens with one attached hydrogen (secondary N) is 1. The van der Waals surface area contributed by atoms with Gasteiger partial charge in [-0.05, 0) is 6.42 Å². The van der Waals surface area contributed by atoms with Crippen LogP contribution in [0.3, 0.4) is 0 Å². The molecule has 0 unspecified atom stereocenters. The summed E-state index contributed by atoms with van der Waals surface area (Å²) in [5, 5.41) is 3.15. The van der Waals surface area contributed by atoms with Gasteiger partial charge >= 0.3 is 37.8 Å². The van der Waals surface area contributed by atoms with Crippen molar-refractivity contribution in [2.75, 3.05) is 6.54 Å². The van der Waals surface area contributed by atoms with E-state index in [4.69, 9.17) is 4.55 Å². The molecular weight excluding hydrogens is 229 g/mol. The Bertz CT molecular complexity index is 280. The molecule has 0 aromatic carbocycles. The Morgan fingerprint density at radius 1 is 1.47 bits per heavy atom. The van der Waals surface area contributed by atoms with Crippen molar-refractivity contribution in [3.63, 3.8) is 0 Å². The molecule has 0 radical (unpaired) electrons. The first-order valence-electron chi connectivity index (χ1n) is 4.31. The summed E-state index contributed by atoms with van der Waals surface area (Å²) < 4.78 is 28.4. The standard InChI is InChI=1S/C4H7NO.C2H4O3S.C2H3.Na/c6-4-2-1-3-5-4;1-2-6(3,4)5;1-2;/h1-3H2,(H,5,6);2H,1H2,(H,3,4,5);1H,2H2;. The van der Waals surface area contributed by atoms with Crippen LogP contribution in [0.5, 0.6) is 0 Å². The molecule has 1 heterocycles. The zero-order chi connectivity index (χ0) is 12.3. The van der Waals surface area contributed by atoms with Gasteiger partial charge in [-0.1, -0.05) is 6.58 Å². The Labute approximate surface area is 108 Å². The summed E-state index contributed by atoms with van der Waals surface area (Å²) in [5.74, 6) is 0.204. The number of carbonyl (C=O) groups excluding carboxylic acids is 1. The largest absolute Gasteiger partial charge is 0.356 e. The molecule has 0 spiro atoms. The molecule has 82 valence electrons. The maximum absolute atomic E-state index is 10.1. The number of rotatable bonds is 1. The van der Waals surface area contributed by atoms with Crippen molar-refractivity contribution in [2.24, 2.45) is 0 Å². The van der Waals surface area contributed by atoms with Crippen molar-refractivity contribution in [3.05, 3.63) is 21.9 Å². The third kappa shape index (κ3) is 20.1. The fourth-order valence-corrected chi connectivity index (χ4v) is 0.565. The molecule has 1 aliphatic heterocycles. The second-order valence-corrected chi connectivity index (χ2v) is 4.72. The average Bonchev–Trinajstić information content (AvgIpc) is 2.57. The van der Waals surface area contributed by atoms with Crippen LogP contribution in [0.15, 0.2) is 21.9 Å². The normalized spacial score (nSPS) is 13.7. The van der Waals surface area contributed by atoms with Gasteiger partial charge in [-0.2, -0.15) is 8.42 Å². The Balaban J connectivity index is 0. The van der Waals surface area contributed by atoms with Crippen LogP contribution in [-0.2, 0) is 14.9 Å². The molecule has 0 aromatic heterocycles. The summed E-state index contributed by atoms with van der Waals surface area (Å²) in [5.41, 5.74) is 0. The molecule has 2 N–H and O–H groups in total. The van der Waals surface area contributed by atoms with Crippen LogP contribution in [0.25, 0.3) is 0 Å². The van der Waals surface area contributed by atoms with E-state index in [2.05, 4.69) is 18.5 Å². The molecule has 0 atom stereocenters. The summed E-state index contributed by atoms with van der Waals surface area (Å²) in [6.45, 7) is 7.10. The number of carbonyl (C=O) groups is 1. The molecule has 15 heavy (non-hydrogen) atoms. The Morgan fingerprint density at radius 2 is 1.87 bits per heavy atom. The molecule has 1 rings (SSSR count). The van der Waals surface area contributed by atoms with E-state index in [9.17, 15) is 13.2 Å². The maximum atomic E-state index is 10.1. The molecule has 0 saturated carbocycles. The summed E-state index contributed by atoms with van der Waals surface area (Å²) in [4.78, 5) is 10.1. The molecule has 5 nitrogen and oxygen atoms in total. The van der Waals surface area contributed by atoms with Crippen molar-refractivity contribution < 1.29 is 17.8 Å². The Kier molecular flexibility index (Phi) is 11.9. The molecule has 1 aliphatic rings. The van der Waals surface area contributed by atoms with E-state index < -0.39 is 10.1 Å². The molecule has 1 fully saturated rings. The van der Waals surface area contributed by atoms with Gasteiger partial charge in [0.2, 0.25) is 5.91 Å². The van der Waals surface area contributed by atoms with E-state index in [0.29, 0.717) is 5.41 Å². The van der Waals surface area contributed by atoms with Crippen LogP contribution in [0.1, 0.15) is 12.8 Å². The monoisotopic (exact) mass is 243 g/mol. The van der Waals surface area contributed by atoms with Gasteiger partial charge in [-0.25, -0.2) is 0 Å². The van der Waals surface area contributed by atoms with Crippen molar-refractivity contribution >= 4 is 44.0 Å². The van der Waals surface area contributed by atoms with Crippen LogP contribution >= 0.6 is 0 Å². The third-order valence-electron chi connectivity index (χ3n) is 1.11. The second-order valence-electron chi connectivity index (χ2n) is 2.54. The fraction of sp³-hybridized carbons (Fsp3) is 0.375. The van der Waals surface area contributed by atoms with Crippen LogP contribution in [0, 0.1) is 0 Å². The molecular formula is C8H14NNaO4S. The van der Waals surface area contributed by atoms with Gasteiger partial charge in [0.1, 0.15) is 0 Å². The predicted octanol–water partition coefficient (Wildman–Crippen LogP) is 0.213. The van der Waals surface area contributed by atoms with Gasteiger partial charge < -0.3 is 5.32 Å². The smallest absolute Gasteiger partial charge is 0.220 e. The topological polar surface area (TPSA) is 83.5 Å². The average molecular weight is 243 g/mol. The van der Waals surface area contributed by atoms with Gasteiger partial charge in [0.15, 0.2) is 0 Å². The summed E-state index contributed by atoms with van der Waals surface area (Å²) in [6.07, 6.45) is 1.76. The first kappa shape index (κ1) is 17.3. The van der Waals surface area contributed by atoms with E-state index in [-0.39, 0.29) is 5.91 Å². The van der Waals surface area contributed by atoms with Crippen molar-refractivity contribution in [3.8, 4) is 0 Å². The van der Waals surface area contributed by atoms with Crippen LogP contribution in [0.2, 0.25) is 0 Å². The first-order valence-corrected chi connectivity index (χ1v) is 6.96. The van der Waals surface area contributed by atoms with E-state index in [0.717, 1.165) is 47.3 Å². The van der Waals surface area contributed by atoms with Crippen LogP contribution in [-0.4, -0.2) is 53.4 Å². The van der Waals surface area contributed by atoms with Gasteiger partial charge in [0, 0.05) is 13.0 Å². The van der Waals surface area contributed by atoms with E-state index >= 15 is 0 Å². The molecule has 0 bridgehead atoms. The Hall–Kier alpha value is -0.140. The molecule has 0 aromatic rings. The van der Waals surface area contributed by atoms with Gasteiger partial charge in [0.05, 0.1) is 5.41 Å². The van der Waals surface area contributed by atoms with Crippen molar-refractivity contribution in [1.29, 1.82) is 0 Å². The molecule has 1 amide bonds. The predicted molar refractivity (Wildman–Crippen MR) is 59.9 cm³/mol. The first-order chi connectivity index (χ1) is 6.87. The molecule has 7 heteroatoms. The van der Waals surface area contributed by atoms with Gasteiger partial charge in [-0.3, -0.25) is 9.35 Å². The third-order valence-corrected chi connectivity index (χ3v) is 1.53. The second kappa shape index (κ2) is 10.4. The van der Waals surface area contributed by atoms with Crippen molar-refractivity contribution in [1.82, 2.24) is 5.32 Å². The zero-order valence-electron chi connectivity index (χ0n) is 8.77. The van der Waals surface area contributed by atoms with Gasteiger partial charge in [-0.15, -0.1) is 0 Å². The Morgan fingerprint density at radius 3 is 1.93 bits per heavy atom. The molecule has 1 saturated heterocycles. The SMILES string of the molecule is C=CS(=O)(=O)O.C=[CH][Na].O=C1CCCN1. The van der Waals surface area contributed by atoms with Gasteiger partial charge in [0.25, 0.3) is 10.1 Å². The summed E-state index contributed by atoms with van der Waals surface area (Å²) >= 11 is 1.13. The number of hydrogen-bond donors (Lipinski definition) is 2. The van der Waals surface area contributed by atoms with E-state index in [1.54, 1.807) is 0 Å². The maximum Gasteiger partial charge on any atom is 0.220 e. The zero-order valence-corrected chi connectivity index (χ0v) is 11.6. The summed E-state index contributed by atoms with van der Waals surface area (Å²) in [7, 11) is -3.90. The number of hydrogen-bond acceptors (Lipinski definition) is 3. The minimum absolute atomic E-state index is 0.204. The minimum atomic E-state index is -3.90. The van der Waals surface area contributed by atoms with E-state index in [1.807, 2.05) is 3.33 Å². The quantitative estimate of drug-likeness (QED) is 0.509.